The number of hydrogen-bond acceptors (Lipinski definition) is 5. The van der Waals surface area contributed by atoms with Gasteiger partial charge >= 0.3 is 0 Å². The van der Waals surface area contributed by atoms with E-state index in [9.17, 15) is 0 Å². The standard InChI is InChI=1S/C20H21N3OS/c1-24-19-10-3-2-7-16(19)20-22-13-15(25-20)14-23-12-6-9-18(23)17-8-4-5-11-21-17/h2-5,7-8,10-11,13,18H,6,9,12,14H2,1H3. The van der Waals surface area contributed by atoms with Crippen molar-refractivity contribution in [2.24, 2.45) is 0 Å². The van der Waals surface area contributed by atoms with Crippen LogP contribution < -0.4 is 4.74 Å². The molecule has 2 aromatic heterocycles. The minimum atomic E-state index is 0.415. The van der Waals surface area contributed by atoms with Crippen LogP contribution in [0.3, 0.4) is 0 Å². The highest BCUT2D eigenvalue weighted by molar-refractivity contribution is 7.15. The molecule has 128 valence electrons. The smallest absolute Gasteiger partial charge is 0.129 e. The number of rotatable bonds is 5. The number of ether oxygens (including phenoxy) is 1. The van der Waals surface area contributed by atoms with E-state index in [-0.39, 0.29) is 0 Å². The van der Waals surface area contributed by atoms with Gasteiger partial charge in [-0.05, 0) is 43.7 Å². The maximum Gasteiger partial charge on any atom is 0.129 e. The Kier molecular flexibility index (Phi) is 4.76. The molecule has 1 unspecified atom stereocenters. The molecule has 3 aromatic rings. The van der Waals surface area contributed by atoms with Gasteiger partial charge in [-0.25, -0.2) is 4.98 Å². The van der Waals surface area contributed by atoms with Crippen LogP contribution in [-0.2, 0) is 6.54 Å². The molecule has 1 aliphatic heterocycles. The minimum absolute atomic E-state index is 0.415. The number of nitrogens with zero attached hydrogens (tertiary/aromatic N) is 3. The zero-order chi connectivity index (χ0) is 17.1. The molecule has 5 heteroatoms. The monoisotopic (exact) mass is 351 g/mol. The molecule has 0 amide bonds. The van der Waals surface area contributed by atoms with Gasteiger partial charge in [0.15, 0.2) is 0 Å². The van der Waals surface area contributed by atoms with Gasteiger partial charge in [0.05, 0.1) is 24.4 Å². The Morgan fingerprint density at radius 1 is 1.16 bits per heavy atom. The molecular weight excluding hydrogens is 330 g/mol. The Bertz CT molecular complexity index is 834. The fourth-order valence-electron chi connectivity index (χ4n) is 3.45. The summed E-state index contributed by atoms with van der Waals surface area (Å²) in [5.74, 6) is 0.871. The Morgan fingerprint density at radius 2 is 2.04 bits per heavy atom. The third kappa shape index (κ3) is 3.43. The molecule has 4 nitrogen and oxygen atoms in total. The average molecular weight is 351 g/mol. The molecule has 4 rings (SSSR count). The first-order valence-electron chi connectivity index (χ1n) is 8.58. The summed E-state index contributed by atoms with van der Waals surface area (Å²) >= 11 is 1.75. The average Bonchev–Trinajstić information content (AvgIpc) is 3.32. The number of hydrogen-bond donors (Lipinski definition) is 0. The summed E-state index contributed by atoms with van der Waals surface area (Å²) in [6.45, 7) is 2.04. The summed E-state index contributed by atoms with van der Waals surface area (Å²) in [6.07, 6.45) is 6.28. The highest BCUT2D eigenvalue weighted by Crippen LogP contribution is 2.36. The van der Waals surface area contributed by atoms with E-state index >= 15 is 0 Å². The van der Waals surface area contributed by atoms with Crippen LogP contribution >= 0.6 is 11.3 Å². The van der Waals surface area contributed by atoms with Gasteiger partial charge < -0.3 is 4.74 Å². The lowest BCUT2D eigenvalue weighted by molar-refractivity contribution is 0.246. The van der Waals surface area contributed by atoms with Crippen molar-refractivity contribution in [3.63, 3.8) is 0 Å². The van der Waals surface area contributed by atoms with Crippen molar-refractivity contribution >= 4 is 11.3 Å². The number of thiazole rings is 1. The lowest BCUT2D eigenvalue weighted by atomic mass is 10.1. The van der Waals surface area contributed by atoms with Crippen molar-refractivity contribution < 1.29 is 4.74 Å². The first kappa shape index (κ1) is 16.2. The van der Waals surface area contributed by atoms with Gasteiger partial charge in [0.25, 0.3) is 0 Å². The molecule has 0 N–H and O–H groups in total. The molecule has 1 aliphatic rings. The van der Waals surface area contributed by atoms with Gasteiger partial charge in [-0.2, -0.15) is 0 Å². The second-order valence-electron chi connectivity index (χ2n) is 6.22. The summed E-state index contributed by atoms with van der Waals surface area (Å²) in [4.78, 5) is 13.0. The first-order valence-corrected chi connectivity index (χ1v) is 9.40. The van der Waals surface area contributed by atoms with E-state index in [1.54, 1.807) is 18.4 Å². The largest absolute Gasteiger partial charge is 0.496 e. The fraction of sp³-hybridized carbons (Fsp3) is 0.300. The molecule has 25 heavy (non-hydrogen) atoms. The number of para-hydroxylation sites is 1. The van der Waals surface area contributed by atoms with E-state index < -0.39 is 0 Å². The van der Waals surface area contributed by atoms with E-state index in [2.05, 4.69) is 33.1 Å². The first-order chi connectivity index (χ1) is 12.3. The van der Waals surface area contributed by atoms with Crippen molar-refractivity contribution in [3.8, 4) is 16.3 Å². The van der Waals surface area contributed by atoms with E-state index in [0.717, 1.165) is 29.4 Å². The number of methoxy groups -OCH3 is 1. The molecule has 1 atom stereocenters. The van der Waals surface area contributed by atoms with Crippen molar-refractivity contribution in [1.82, 2.24) is 14.9 Å². The Morgan fingerprint density at radius 3 is 2.88 bits per heavy atom. The van der Waals surface area contributed by atoms with Crippen molar-refractivity contribution in [1.29, 1.82) is 0 Å². The van der Waals surface area contributed by atoms with E-state index in [1.807, 2.05) is 36.7 Å². The highest BCUT2D eigenvalue weighted by Gasteiger charge is 2.27. The summed E-state index contributed by atoms with van der Waals surface area (Å²) in [7, 11) is 1.70. The van der Waals surface area contributed by atoms with Crippen molar-refractivity contribution in [3.05, 3.63) is 65.4 Å². The number of pyridine rings is 1. The van der Waals surface area contributed by atoms with Crippen LogP contribution in [0.4, 0.5) is 0 Å². The highest BCUT2D eigenvalue weighted by atomic mass is 32.1. The SMILES string of the molecule is COc1ccccc1-c1ncc(CN2CCCC2c2ccccn2)s1. The second kappa shape index (κ2) is 7.33. The normalized spacial score (nSPS) is 17.7. The molecule has 1 aromatic carbocycles. The van der Waals surface area contributed by atoms with Gasteiger partial charge in [0.2, 0.25) is 0 Å². The van der Waals surface area contributed by atoms with Crippen LogP contribution in [0.2, 0.25) is 0 Å². The summed E-state index contributed by atoms with van der Waals surface area (Å²) in [6, 6.07) is 14.7. The predicted molar refractivity (Wildman–Crippen MR) is 101 cm³/mol. The van der Waals surface area contributed by atoms with Gasteiger partial charge in [0.1, 0.15) is 10.8 Å². The van der Waals surface area contributed by atoms with Crippen LogP contribution in [-0.4, -0.2) is 28.5 Å². The summed E-state index contributed by atoms with van der Waals surface area (Å²) in [5.41, 5.74) is 2.23. The molecule has 0 aliphatic carbocycles. The van der Waals surface area contributed by atoms with E-state index in [1.165, 1.54) is 23.4 Å². The molecule has 0 spiro atoms. The Hall–Kier alpha value is -2.24. The summed E-state index contributed by atoms with van der Waals surface area (Å²) in [5, 5.41) is 1.01. The molecule has 0 saturated carbocycles. The maximum absolute atomic E-state index is 5.47. The predicted octanol–water partition coefficient (Wildman–Crippen LogP) is 4.55. The van der Waals surface area contributed by atoms with Gasteiger partial charge in [-0.1, -0.05) is 18.2 Å². The molecule has 0 bridgehead atoms. The Labute approximate surface area is 152 Å². The van der Waals surface area contributed by atoms with Crippen LogP contribution in [0.15, 0.2) is 54.9 Å². The quantitative estimate of drug-likeness (QED) is 0.676. The van der Waals surface area contributed by atoms with Crippen LogP contribution in [0.25, 0.3) is 10.6 Å². The zero-order valence-electron chi connectivity index (χ0n) is 14.3. The van der Waals surface area contributed by atoms with Crippen molar-refractivity contribution in [2.45, 2.75) is 25.4 Å². The lowest BCUT2D eigenvalue weighted by Gasteiger charge is -2.23. The Balaban J connectivity index is 1.53. The van der Waals surface area contributed by atoms with Gasteiger partial charge in [-0.3, -0.25) is 9.88 Å². The molecule has 1 fully saturated rings. The summed E-state index contributed by atoms with van der Waals surface area (Å²) < 4.78 is 5.47. The third-order valence-electron chi connectivity index (χ3n) is 4.64. The number of likely N-dealkylation sites (tertiary alicyclic amines) is 1. The molecule has 3 heterocycles. The zero-order valence-corrected chi connectivity index (χ0v) is 15.1. The number of aromatic nitrogens is 2. The minimum Gasteiger partial charge on any atom is -0.496 e. The van der Waals surface area contributed by atoms with Gasteiger partial charge in [0, 0.05) is 23.8 Å². The van der Waals surface area contributed by atoms with Crippen LogP contribution in [0.1, 0.15) is 29.5 Å². The second-order valence-corrected chi connectivity index (χ2v) is 7.33. The van der Waals surface area contributed by atoms with E-state index in [0.29, 0.717) is 6.04 Å². The maximum atomic E-state index is 5.47. The molecular formula is C20H21N3OS. The number of benzene rings is 1. The van der Waals surface area contributed by atoms with Crippen LogP contribution in [0.5, 0.6) is 5.75 Å². The van der Waals surface area contributed by atoms with Crippen LogP contribution in [0, 0.1) is 0 Å². The van der Waals surface area contributed by atoms with E-state index in [4.69, 9.17) is 4.74 Å². The molecule has 1 saturated heterocycles. The topological polar surface area (TPSA) is 38.2 Å². The van der Waals surface area contributed by atoms with Gasteiger partial charge in [-0.15, -0.1) is 11.3 Å². The van der Waals surface area contributed by atoms with Crippen molar-refractivity contribution in [2.75, 3.05) is 13.7 Å². The fourth-order valence-corrected chi connectivity index (χ4v) is 4.42. The third-order valence-corrected chi connectivity index (χ3v) is 5.66. The molecule has 0 radical (unpaired) electrons. The lowest BCUT2D eigenvalue weighted by Crippen LogP contribution is -2.22.